The van der Waals surface area contributed by atoms with Crippen molar-refractivity contribution in [2.75, 3.05) is 0 Å². The fourth-order valence-electron chi connectivity index (χ4n) is 3.71. The van der Waals surface area contributed by atoms with E-state index in [1.54, 1.807) is 11.1 Å². The Kier molecular flexibility index (Phi) is 3.19. The third-order valence-corrected chi connectivity index (χ3v) is 4.94. The molecule has 0 spiro atoms. The van der Waals surface area contributed by atoms with Crippen molar-refractivity contribution in [3.05, 3.63) is 35.4 Å². The number of hydrogen-bond acceptors (Lipinski definition) is 1. The van der Waals surface area contributed by atoms with Crippen LogP contribution in [-0.4, -0.2) is 6.04 Å². The highest BCUT2D eigenvalue weighted by atomic mass is 15.0. The van der Waals surface area contributed by atoms with Crippen molar-refractivity contribution in [2.45, 2.75) is 64.5 Å². The molecule has 2 aliphatic rings. The number of fused-ring (bicyclic) bond motifs is 1. The summed E-state index contributed by atoms with van der Waals surface area (Å²) in [5.74, 6) is 0. The lowest BCUT2D eigenvalue weighted by atomic mass is 9.70. The van der Waals surface area contributed by atoms with Gasteiger partial charge in [0.05, 0.1) is 0 Å². The van der Waals surface area contributed by atoms with E-state index in [0.717, 1.165) is 6.04 Å². The number of aryl methyl sites for hydroxylation is 1. The number of nitrogens with one attached hydrogen (secondary N) is 1. The molecule has 1 aromatic rings. The van der Waals surface area contributed by atoms with Crippen molar-refractivity contribution < 1.29 is 0 Å². The molecule has 1 saturated carbocycles. The maximum absolute atomic E-state index is 3.96. The summed E-state index contributed by atoms with van der Waals surface area (Å²) in [6.45, 7) is 4.85. The van der Waals surface area contributed by atoms with Crippen molar-refractivity contribution in [3.8, 4) is 0 Å². The van der Waals surface area contributed by atoms with Crippen molar-refractivity contribution in [2.24, 2.45) is 5.41 Å². The Labute approximate surface area is 111 Å². The van der Waals surface area contributed by atoms with Gasteiger partial charge in [-0.1, -0.05) is 51.0 Å². The Balaban J connectivity index is 1.88. The maximum atomic E-state index is 3.96. The second kappa shape index (κ2) is 4.70. The minimum atomic E-state index is 0.386. The van der Waals surface area contributed by atoms with E-state index < -0.39 is 0 Å². The van der Waals surface area contributed by atoms with E-state index in [1.165, 1.54) is 38.5 Å². The van der Waals surface area contributed by atoms with E-state index in [4.69, 9.17) is 0 Å². The van der Waals surface area contributed by atoms with Crippen LogP contribution in [0.4, 0.5) is 0 Å². The first kappa shape index (κ1) is 12.2. The fraction of sp³-hybridized carbons (Fsp3) is 0.647. The summed E-state index contributed by atoms with van der Waals surface area (Å²) >= 11 is 0. The highest BCUT2D eigenvalue weighted by Crippen LogP contribution is 2.44. The lowest BCUT2D eigenvalue weighted by Crippen LogP contribution is -2.42. The van der Waals surface area contributed by atoms with Crippen LogP contribution < -0.4 is 5.32 Å². The molecule has 0 radical (unpaired) electrons. The zero-order valence-corrected chi connectivity index (χ0v) is 11.7. The van der Waals surface area contributed by atoms with Gasteiger partial charge in [-0.25, -0.2) is 0 Å². The summed E-state index contributed by atoms with van der Waals surface area (Å²) in [5.41, 5.74) is 3.50. The van der Waals surface area contributed by atoms with Gasteiger partial charge in [-0.05, 0) is 42.2 Å². The maximum Gasteiger partial charge on any atom is 0.0376 e. The van der Waals surface area contributed by atoms with Crippen LogP contribution in [0.15, 0.2) is 24.3 Å². The molecule has 0 amide bonds. The second-order valence-corrected chi connectivity index (χ2v) is 6.77. The Morgan fingerprint density at radius 3 is 2.61 bits per heavy atom. The predicted octanol–water partition coefficient (Wildman–Crippen LogP) is 4.23. The first-order valence-electron chi connectivity index (χ1n) is 7.51. The first-order chi connectivity index (χ1) is 8.67. The van der Waals surface area contributed by atoms with Crippen molar-refractivity contribution in [1.29, 1.82) is 0 Å². The normalized spacial score (nSPS) is 27.1. The average molecular weight is 243 g/mol. The van der Waals surface area contributed by atoms with Crippen LogP contribution in [0.1, 0.15) is 63.1 Å². The standard InChI is InChI=1S/C17H25N/c1-17(2)12-11-13-7-3-6-10-15(13)16(17)18-14-8-4-5-9-14/h3,6-7,10,14,16,18H,4-5,8-9,11-12H2,1-2H3. The first-order valence-corrected chi connectivity index (χ1v) is 7.51. The van der Waals surface area contributed by atoms with Crippen molar-refractivity contribution in [1.82, 2.24) is 5.32 Å². The topological polar surface area (TPSA) is 12.0 Å². The van der Waals surface area contributed by atoms with Crippen LogP contribution in [0.2, 0.25) is 0 Å². The lowest BCUT2D eigenvalue weighted by Gasteiger charge is -2.42. The Hall–Kier alpha value is -0.820. The molecule has 98 valence electrons. The van der Waals surface area contributed by atoms with Gasteiger partial charge >= 0.3 is 0 Å². The summed E-state index contributed by atoms with van der Waals surface area (Å²) in [6, 6.07) is 10.3. The molecule has 1 nitrogen and oxygen atoms in total. The minimum Gasteiger partial charge on any atom is -0.307 e. The van der Waals surface area contributed by atoms with Crippen LogP contribution >= 0.6 is 0 Å². The number of hydrogen-bond donors (Lipinski definition) is 1. The molecular weight excluding hydrogens is 218 g/mol. The van der Waals surface area contributed by atoms with E-state index in [9.17, 15) is 0 Å². The average Bonchev–Trinajstić information content (AvgIpc) is 2.86. The predicted molar refractivity (Wildman–Crippen MR) is 76.7 cm³/mol. The highest BCUT2D eigenvalue weighted by molar-refractivity contribution is 5.34. The summed E-state index contributed by atoms with van der Waals surface area (Å²) in [7, 11) is 0. The molecule has 1 atom stereocenters. The molecular formula is C17H25N. The molecule has 0 aliphatic heterocycles. The van der Waals surface area contributed by atoms with Crippen LogP contribution in [0.5, 0.6) is 0 Å². The van der Waals surface area contributed by atoms with Gasteiger partial charge in [-0.15, -0.1) is 0 Å². The summed E-state index contributed by atoms with van der Waals surface area (Å²) < 4.78 is 0. The molecule has 3 rings (SSSR count). The molecule has 0 bridgehead atoms. The zero-order chi connectivity index (χ0) is 12.6. The van der Waals surface area contributed by atoms with Gasteiger partial charge in [0.1, 0.15) is 0 Å². The molecule has 1 heteroatoms. The van der Waals surface area contributed by atoms with Gasteiger partial charge in [-0.3, -0.25) is 0 Å². The smallest absolute Gasteiger partial charge is 0.0376 e. The molecule has 0 aromatic heterocycles. The Bertz CT molecular complexity index is 415. The van der Waals surface area contributed by atoms with Crippen molar-refractivity contribution >= 4 is 0 Å². The Morgan fingerprint density at radius 1 is 1.11 bits per heavy atom. The summed E-state index contributed by atoms with van der Waals surface area (Å²) in [4.78, 5) is 0. The van der Waals surface area contributed by atoms with Crippen LogP contribution in [0.25, 0.3) is 0 Å². The van der Waals surface area contributed by atoms with E-state index in [-0.39, 0.29) is 0 Å². The van der Waals surface area contributed by atoms with Gasteiger partial charge in [-0.2, -0.15) is 0 Å². The highest BCUT2D eigenvalue weighted by Gasteiger charge is 2.36. The summed E-state index contributed by atoms with van der Waals surface area (Å²) in [6.07, 6.45) is 8.10. The molecule has 1 unspecified atom stereocenters. The van der Waals surface area contributed by atoms with Gasteiger partial charge in [0.2, 0.25) is 0 Å². The molecule has 1 fully saturated rings. The van der Waals surface area contributed by atoms with Gasteiger partial charge in [0.15, 0.2) is 0 Å². The third-order valence-electron chi connectivity index (χ3n) is 4.94. The monoisotopic (exact) mass is 243 g/mol. The SMILES string of the molecule is CC1(C)CCc2ccccc2C1NC1CCCC1. The molecule has 1 aromatic carbocycles. The van der Waals surface area contributed by atoms with Crippen LogP contribution in [0, 0.1) is 5.41 Å². The van der Waals surface area contributed by atoms with Crippen LogP contribution in [-0.2, 0) is 6.42 Å². The van der Waals surface area contributed by atoms with Crippen LogP contribution in [0.3, 0.4) is 0 Å². The molecule has 0 saturated heterocycles. The minimum absolute atomic E-state index is 0.386. The fourth-order valence-corrected chi connectivity index (χ4v) is 3.71. The van der Waals surface area contributed by atoms with Gasteiger partial charge < -0.3 is 5.32 Å². The number of benzene rings is 1. The van der Waals surface area contributed by atoms with E-state index in [2.05, 4.69) is 43.4 Å². The second-order valence-electron chi connectivity index (χ2n) is 6.77. The van der Waals surface area contributed by atoms with Gasteiger partial charge in [0, 0.05) is 12.1 Å². The molecule has 0 heterocycles. The molecule has 1 N–H and O–H groups in total. The molecule has 2 aliphatic carbocycles. The summed E-state index contributed by atoms with van der Waals surface area (Å²) in [5, 5.41) is 3.96. The molecule has 18 heavy (non-hydrogen) atoms. The quantitative estimate of drug-likeness (QED) is 0.819. The van der Waals surface area contributed by atoms with E-state index in [0.29, 0.717) is 11.5 Å². The van der Waals surface area contributed by atoms with Gasteiger partial charge in [0.25, 0.3) is 0 Å². The van der Waals surface area contributed by atoms with E-state index in [1.807, 2.05) is 0 Å². The number of rotatable bonds is 2. The third kappa shape index (κ3) is 2.21. The van der Waals surface area contributed by atoms with E-state index >= 15 is 0 Å². The zero-order valence-electron chi connectivity index (χ0n) is 11.7. The Morgan fingerprint density at radius 2 is 1.83 bits per heavy atom. The largest absolute Gasteiger partial charge is 0.307 e. The van der Waals surface area contributed by atoms with Crippen molar-refractivity contribution in [3.63, 3.8) is 0 Å². The lowest BCUT2D eigenvalue weighted by molar-refractivity contribution is 0.193.